The first-order chi connectivity index (χ1) is 20.6. The Morgan fingerprint density at radius 1 is 0.952 bits per heavy atom. The SMILES string of the molecule is C=C(N)c1ccc(N(c2ccccc2)C2CCN(Cc3ccc(Cc4ccc(NSC)cc4)nc3C3CC3)CC2)cn1. The molecule has 2 aromatic heterocycles. The molecular formula is C35H40N6S. The third kappa shape index (κ3) is 6.80. The summed E-state index contributed by atoms with van der Waals surface area (Å²) in [6.45, 7) is 6.92. The summed E-state index contributed by atoms with van der Waals surface area (Å²) in [5.74, 6) is 0.624. The molecule has 6 rings (SSSR count). The molecule has 1 aliphatic heterocycles. The van der Waals surface area contributed by atoms with Gasteiger partial charge in [-0.15, -0.1) is 0 Å². The highest BCUT2D eigenvalue weighted by Gasteiger charge is 2.30. The molecule has 0 unspecified atom stereocenters. The van der Waals surface area contributed by atoms with E-state index in [2.05, 4.69) is 98.9 Å². The van der Waals surface area contributed by atoms with Crippen molar-refractivity contribution in [2.75, 3.05) is 29.0 Å². The van der Waals surface area contributed by atoms with Crippen LogP contribution in [0.3, 0.4) is 0 Å². The first kappa shape index (κ1) is 28.3. The van der Waals surface area contributed by atoms with E-state index in [9.17, 15) is 0 Å². The van der Waals surface area contributed by atoms with Crippen LogP contribution in [0.2, 0.25) is 0 Å². The fourth-order valence-electron chi connectivity index (χ4n) is 5.96. The van der Waals surface area contributed by atoms with Gasteiger partial charge >= 0.3 is 0 Å². The highest BCUT2D eigenvalue weighted by atomic mass is 32.2. The number of para-hydroxylation sites is 1. The zero-order valence-electron chi connectivity index (χ0n) is 24.4. The Kier molecular flexibility index (Phi) is 8.77. The smallest absolute Gasteiger partial charge is 0.0854 e. The third-order valence-corrected chi connectivity index (χ3v) is 8.74. The van der Waals surface area contributed by atoms with Gasteiger partial charge in [0.2, 0.25) is 0 Å². The fourth-order valence-corrected chi connectivity index (χ4v) is 6.33. The molecule has 4 aromatic rings. The van der Waals surface area contributed by atoms with E-state index in [1.54, 1.807) is 11.9 Å². The minimum absolute atomic E-state index is 0.401. The van der Waals surface area contributed by atoms with Gasteiger partial charge in [-0.3, -0.25) is 14.9 Å². The highest BCUT2D eigenvalue weighted by molar-refractivity contribution is 7.99. The maximum atomic E-state index is 5.88. The van der Waals surface area contributed by atoms with Crippen LogP contribution in [0.5, 0.6) is 0 Å². The maximum absolute atomic E-state index is 5.88. The molecule has 1 aliphatic carbocycles. The lowest BCUT2D eigenvalue weighted by Gasteiger charge is -2.40. The molecule has 216 valence electrons. The van der Waals surface area contributed by atoms with Gasteiger partial charge in [-0.1, -0.05) is 54.9 Å². The van der Waals surface area contributed by atoms with Crippen LogP contribution >= 0.6 is 11.9 Å². The third-order valence-electron chi connectivity index (χ3n) is 8.30. The minimum Gasteiger partial charge on any atom is -0.397 e. The van der Waals surface area contributed by atoms with Crippen molar-refractivity contribution < 1.29 is 0 Å². The van der Waals surface area contributed by atoms with Crippen molar-refractivity contribution >= 4 is 34.7 Å². The van der Waals surface area contributed by atoms with Crippen molar-refractivity contribution in [2.24, 2.45) is 5.73 Å². The zero-order chi connectivity index (χ0) is 28.9. The summed E-state index contributed by atoms with van der Waals surface area (Å²) in [5.41, 5.74) is 15.7. The van der Waals surface area contributed by atoms with Crippen LogP contribution in [0.1, 0.15) is 59.8 Å². The van der Waals surface area contributed by atoms with Crippen molar-refractivity contribution in [3.05, 3.63) is 120 Å². The van der Waals surface area contributed by atoms with E-state index in [1.807, 2.05) is 18.5 Å². The number of hydrogen-bond acceptors (Lipinski definition) is 7. The number of likely N-dealkylation sites (tertiary alicyclic amines) is 1. The zero-order valence-corrected chi connectivity index (χ0v) is 25.2. The Balaban J connectivity index is 1.13. The van der Waals surface area contributed by atoms with Crippen molar-refractivity contribution in [1.29, 1.82) is 0 Å². The Hall–Kier alpha value is -3.81. The van der Waals surface area contributed by atoms with E-state index < -0.39 is 0 Å². The highest BCUT2D eigenvalue weighted by Crippen LogP contribution is 2.41. The largest absolute Gasteiger partial charge is 0.397 e. The van der Waals surface area contributed by atoms with Crippen LogP contribution in [-0.2, 0) is 13.0 Å². The van der Waals surface area contributed by atoms with E-state index in [-0.39, 0.29) is 0 Å². The second kappa shape index (κ2) is 13.0. The van der Waals surface area contributed by atoms with Gasteiger partial charge in [-0.05, 0) is 79.3 Å². The second-order valence-electron chi connectivity index (χ2n) is 11.4. The van der Waals surface area contributed by atoms with Gasteiger partial charge in [0, 0.05) is 67.0 Å². The summed E-state index contributed by atoms with van der Waals surface area (Å²) in [6, 6.07) is 28.4. The Labute approximate surface area is 254 Å². The molecule has 0 bridgehead atoms. The Morgan fingerprint density at radius 3 is 2.36 bits per heavy atom. The maximum Gasteiger partial charge on any atom is 0.0854 e. The number of nitrogens with zero attached hydrogens (tertiary/aromatic N) is 4. The number of aromatic nitrogens is 2. The van der Waals surface area contributed by atoms with Crippen LogP contribution in [-0.4, -0.2) is 40.3 Å². The summed E-state index contributed by atoms with van der Waals surface area (Å²) in [7, 11) is 0. The van der Waals surface area contributed by atoms with Crippen molar-refractivity contribution in [1.82, 2.24) is 14.9 Å². The van der Waals surface area contributed by atoms with Gasteiger partial charge in [0.25, 0.3) is 0 Å². The number of nitrogens with one attached hydrogen (secondary N) is 1. The summed E-state index contributed by atoms with van der Waals surface area (Å²) in [6.07, 6.45) is 9.54. The molecule has 6 nitrogen and oxygen atoms in total. The normalized spacial score (nSPS) is 15.8. The summed E-state index contributed by atoms with van der Waals surface area (Å²) < 4.78 is 3.29. The minimum atomic E-state index is 0.401. The molecule has 2 fully saturated rings. The predicted octanol–water partition coefficient (Wildman–Crippen LogP) is 7.37. The summed E-state index contributed by atoms with van der Waals surface area (Å²) in [5, 5.41) is 0. The van der Waals surface area contributed by atoms with E-state index in [4.69, 9.17) is 10.7 Å². The quantitative estimate of drug-likeness (QED) is 0.181. The number of rotatable bonds is 11. The molecule has 0 atom stereocenters. The van der Waals surface area contributed by atoms with Crippen LogP contribution in [0, 0.1) is 0 Å². The van der Waals surface area contributed by atoms with Gasteiger partial charge in [0.15, 0.2) is 0 Å². The number of nitrogens with two attached hydrogens (primary N) is 1. The predicted molar refractivity (Wildman–Crippen MR) is 177 cm³/mol. The van der Waals surface area contributed by atoms with Crippen molar-refractivity contribution in [3.63, 3.8) is 0 Å². The Bertz CT molecular complexity index is 1480. The standard InChI is InChI=1S/C35H40N6S/c1-25(36)34-17-16-33(23-37-34)41(31-6-4-3-5-7-31)32-18-20-40(21-19-32)24-28-12-15-30(38-35(28)27-10-11-27)22-26-8-13-29(14-9-26)39-42-2/h3-9,12-17,23,27,32,39H,1,10-11,18-22,24,36H2,2H3. The van der Waals surface area contributed by atoms with Gasteiger partial charge in [-0.25, -0.2) is 0 Å². The topological polar surface area (TPSA) is 70.3 Å². The van der Waals surface area contributed by atoms with Crippen molar-refractivity contribution in [3.8, 4) is 0 Å². The summed E-state index contributed by atoms with van der Waals surface area (Å²) in [4.78, 5) is 14.9. The molecule has 2 aliphatic rings. The molecule has 42 heavy (non-hydrogen) atoms. The number of hydrogen-bond donors (Lipinski definition) is 2. The van der Waals surface area contributed by atoms with E-state index >= 15 is 0 Å². The number of piperidine rings is 1. The average molecular weight is 577 g/mol. The van der Waals surface area contributed by atoms with Crippen molar-refractivity contribution in [2.45, 2.75) is 50.6 Å². The lowest BCUT2D eigenvalue weighted by molar-refractivity contribution is 0.204. The molecule has 2 aromatic carbocycles. The lowest BCUT2D eigenvalue weighted by atomic mass is 9.99. The van der Waals surface area contributed by atoms with Crippen LogP contribution in [0.15, 0.2) is 91.6 Å². The van der Waals surface area contributed by atoms with Gasteiger partial charge in [0.1, 0.15) is 0 Å². The monoisotopic (exact) mass is 576 g/mol. The van der Waals surface area contributed by atoms with Gasteiger partial charge in [-0.2, -0.15) is 0 Å². The average Bonchev–Trinajstić information content (AvgIpc) is 3.87. The molecule has 7 heteroatoms. The summed E-state index contributed by atoms with van der Waals surface area (Å²) >= 11 is 1.62. The molecule has 0 radical (unpaired) electrons. The molecule has 3 heterocycles. The number of anilines is 3. The van der Waals surface area contributed by atoms with Gasteiger partial charge in [0.05, 0.1) is 23.3 Å². The number of benzene rings is 2. The van der Waals surface area contributed by atoms with Crippen LogP contribution in [0.25, 0.3) is 5.70 Å². The first-order valence-corrected chi connectivity index (χ1v) is 16.1. The molecule has 1 saturated heterocycles. The molecular weight excluding hydrogens is 536 g/mol. The van der Waals surface area contributed by atoms with E-state index in [1.165, 1.54) is 41.0 Å². The number of pyridine rings is 2. The molecule has 0 amide bonds. The van der Waals surface area contributed by atoms with E-state index in [0.717, 1.165) is 56.0 Å². The Morgan fingerprint density at radius 2 is 1.71 bits per heavy atom. The molecule has 3 N–H and O–H groups in total. The fraction of sp³-hybridized carbons (Fsp3) is 0.314. The molecule has 0 spiro atoms. The second-order valence-corrected chi connectivity index (χ2v) is 12.1. The van der Waals surface area contributed by atoms with E-state index in [0.29, 0.717) is 17.7 Å². The van der Waals surface area contributed by atoms with Crippen LogP contribution < -0.4 is 15.4 Å². The first-order valence-electron chi connectivity index (χ1n) is 14.9. The van der Waals surface area contributed by atoms with Crippen LogP contribution in [0.4, 0.5) is 17.1 Å². The lowest BCUT2D eigenvalue weighted by Crippen LogP contribution is -2.43. The molecule has 1 saturated carbocycles. The van der Waals surface area contributed by atoms with Gasteiger partial charge < -0.3 is 15.4 Å².